The maximum atomic E-state index is 12.7. The summed E-state index contributed by atoms with van der Waals surface area (Å²) in [4.78, 5) is 29.8. The fourth-order valence-corrected chi connectivity index (χ4v) is 3.44. The Hall–Kier alpha value is -3.68. The largest absolute Gasteiger partial charge is 0.350 e. The maximum absolute atomic E-state index is 12.7. The summed E-state index contributed by atoms with van der Waals surface area (Å²) in [5.41, 5.74) is 8.11. The average Bonchev–Trinajstić information content (AvgIpc) is 3.26. The Balaban J connectivity index is 1.55. The van der Waals surface area contributed by atoms with E-state index in [4.69, 9.17) is 0 Å². The highest BCUT2D eigenvalue weighted by atomic mass is 16.2. The first-order chi connectivity index (χ1) is 13.9. The second kappa shape index (κ2) is 7.05. The summed E-state index contributed by atoms with van der Waals surface area (Å²) >= 11 is 0. The van der Waals surface area contributed by atoms with Crippen LogP contribution in [0.25, 0.3) is 21.9 Å². The zero-order valence-corrected chi connectivity index (χ0v) is 16.7. The van der Waals surface area contributed by atoms with Crippen LogP contribution in [-0.4, -0.2) is 31.1 Å². The van der Waals surface area contributed by atoms with E-state index in [0.29, 0.717) is 16.8 Å². The number of pyridine rings is 1. The molecule has 29 heavy (non-hydrogen) atoms. The Morgan fingerprint density at radius 2 is 1.76 bits per heavy atom. The van der Waals surface area contributed by atoms with Crippen molar-refractivity contribution in [3.05, 3.63) is 59.5 Å². The van der Waals surface area contributed by atoms with Crippen molar-refractivity contribution in [1.29, 1.82) is 0 Å². The zero-order chi connectivity index (χ0) is 20.7. The number of rotatable bonds is 3. The van der Waals surface area contributed by atoms with Gasteiger partial charge in [-0.2, -0.15) is 5.10 Å². The van der Waals surface area contributed by atoms with Crippen LogP contribution < -0.4 is 10.9 Å². The fraction of sp³-hybridized carbons (Fsp3) is 0.238. The molecule has 0 aliphatic rings. The molecule has 8 heteroatoms. The molecule has 0 aliphatic carbocycles. The Kier molecular flexibility index (Phi) is 4.54. The van der Waals surface area contributed by atoms with Crippen LogP contribution in [0, 0.1) is 6.92 Å². The summed E-state index contributed by atoms with van der Waals surface area (Å²) in [5, 5.41) is 5.93. The normalized spacial score (nSPS) is 11.3. The van der Waals surface area contributed by atoms with Crippen LogP contribution in [-0.2, 0) is 7.05 Å². The molecule has 0 spiro atoms. The first-order valence-corrected chi connectivity index (χ1v) is 9.36. The van der Waals surface area contributed by atoms with Crippen molar-refractivity contribution in [2.45, 2.75) is 26.8 Å². The van der Waals surface area contributed by atoms with Gasteiger partial charge in [0.05, 0.1) is 23.0 Å². The van der Waals surface area contributed by atoms with E-state index in [1.165, 1.54) is 0 Å². The zero-order valence-electron chi connectivity index (χ0n) is 16.7. The Bertz CT molecular complexity index is 1250. The third-order valence-corrected chi connectivity index (χ3v) is 4.92. The molecule has 4 rings (SSSR count). The molecule has 148 valence electrons. The molecule has 0 atom stereocenters. The van der Waals surface area contributed by atoms with Crippen LogP contribution in [0.5, 0.6) is 0 Å². The predicted molar refractivity (Wildman–Crippen MR) is 111 cm³/mol. The van der Waals surface area contributed by atoms with Crippen LogP contribution in [0.1, 0.15) is 46.3 Å². The van der Waals surface area contributed by atoms with E-state index in [9.17, 15) is 9.59 Å². The number of fused-ring (bicyclic) bond motifs is 2. The Morgan fingerprint density at radius 1 is 1.07 bits per heavy atom. The number of aryl methyl sites for hydroxylation is 2. The molecule has 0 saturated carbocycles. The van der Waals surface area contributed by atoms with Crippen LogP contribution in [0.3, 0.4) is 0 Å². The lowest BCUT2D eigenvalue weighted by Crippen LogP contribution is -2.41. The molecule has 0 aliphatic heterocycles. The molecule has 2 amide bonds. The quantitative estimate of drug-likeness (QED) is 0.526. The number of nitrogens with one attached hydrogen (secondary N) is 2. The smallest absolute Gasteiger partial charge is 0.271 e. The van der Waals surface area contributed by atoms with Gasteiger partial charge < -0.3 is 4.57 Å². The topological polar surface area (TPSA) is 93.8 Å². The molecule has 2 N–H and O–H groups in total. The summed E-state index contributed by atoms with van der Waals surface area (Å²) in [7, 11) is 1.87. The second-order valence-electron chi connectivity index (χ2n) is 7.30. The van der Waals surface area contributed by atoms with Crippen molar-refractivity contribution >= 4 is 33.8 Å². The molecule has 0 unspecified atom stereocenters. The molecule has 3 heterocycles. The van der Waals surface area contributed by atoms with E-state index in [-0.39, 0.29) is 11.9 Å². The van der Waals surface area contributed by atoms with Crippen molar-refractivity contribution < 1.29 is 9.59 Å². The highest BCUT2D eigenvalue weighted by molar-refractivity contribution is 6.08. The minimum atomic E-state index is -0.428. The van der Waals surface area contributed by atoms with Crippen molar-refractivity contribution in [3.63, 3.8) is 0 Å². The van der Waals surface area contributed by atoms with E-state index in [0.717, 1.165) is 21.9 Å². The number of hydrogen-bond acceptors (Lipinski definition) is 4. The van der Waals surface area contributed by atoms with Crippen LogP contribution in [0.15, 0.2) is 42.7 Å². The highest BCUT2D eigenvalue weighted by Gasteiger charge is 2.18. The lowest BCUT2D eigenvalue weighted by molar-refractivity contribution is 0.0847. The van der Waals surface area contributed by atoms with Crippen molar-refractivity contribution in [2.75, 3.05) is 0 Å². The molecular weight excluding hydrogens is 368 g/mol. The van der Waals surface area contributed by atoms with Crippen LogP contribution in [0.2, 0.25) is 0 Å². The Labute approximate surface area is 167 Å². The maximum Gasteiger partial charge on any atom is 0.271 e. The summed E-state index contributed by atoms with van der Waals surface area (Å²) in [6, 6.07) is 9.51. The van der Waals surface area contributed by atoms with Crippen molar-refractivity contribution in [1.82, 2.24) is 30.2 Å². The number of hydrogen-bond donors (Lipinski definition) is 2. The van der Waals surface area contributed by atoms with Crippen molar-refractivity contribution in [3.8, 4) is 0 Å². The summed E-state index contributed by atoms with van der Waals surface area (Å²) in [6.07, 6.45) is 3.43. The van der Waals surface area contributed by atoms with Crippen LogP contribution in [0.4, 0.5) is 0 Å². The van der Waals surface area contributed by atoms with E-state index in [1.54, 1.807) is 25.4 Å². The van der Waals surface area contributed by atoms with E-state index < -0.39 is 5.91 Å². The number of nitrogens with zero attached hydrogens (tertiary/aromatic N) is 4. The summed E-state index contributed by atoms with van der Waals surface area (Å²) in [5.74, 6) is -0.808. The van der Waals surface area contributed by atoms with Gasteiger partial charge in [0.1, 0.15) is 0 Å². The SMILES string of the molecule is Cc1nc2c(cnn2C(C)C)cc1C(=O)NNC(=O)c1cn(C)c2ccccc12. The minimum Gasteiger partial charge on any atom is -0.350 e. The standard InChI is InChI=1S/C21H22N6O2/c1-12(2)27-19-14(10-22-27)9-16(13(3)23-19)20(28)24-25-21(29)17-11-26(4)18-8-6-5-7-15(17)18/h5-12H,1-4H3,(H,24,28)(H,25,29). The van der Waals surface area contributed by atoms with E-state index in [2.05, 4.69) is 20.9 Å². The Morgan fingerprint density at radius 3 is 2.48 bits per heavy atom. The number of carbonyl (C=O) groups is 2. The van der Waals surface area contributed by atoms with Gasteiger partial charge in [0.15, 0.2) is 5.65 Å². The molecule has 0 radical (unpaired) electrons. The molecule has 8 nitrogen and oxygen atoms in total. The van der Waals surface area contributed by atoms with Gasteiger partial charge in [-0.25, -0.2) is 9.67 Å². The van der Waals surface area contributed by atoms with E-state index in [1.807, 2.05) is 54.4 Å². The minimum absolute atomic E-state index is 0.166. The number of amides is 2. The summed E-state index contributed by atoms with van der Waals surface area (Å²) in [6.45, 7) is 5.80. The third-order valence-electron chi connectivity index (χ3n) is 4.92. The van der Waals surface area contributed by atoms with Gasteiger partial charge in [0.2, 0.25) is 0 Å². The van der Waals surface area contributed by atoms with Gasteiger partial charge >= 0.3 is 0 Å². The first kappa shape index (κ1) is 18.7. The number of hydrazine groups is 1. The molecule has 4 aromatic rings. The molecule has 0 fully saturated rings. The van der Waals surface area contributed by atoms with Crippen molar-refractivity contribution in [2.24, 2.45) is 7.05 Å². The van der Waals surface area contributed by atoms with Gasteiger partial charge in [-0.15, -0.1) is 0 Å². The lowest BCUT2D eigenvalue weighted by Gasteiger charge is -2.10. The predicted octanol–water partition coefficient (Wildman–Crippen LogP) is 2.89. The monoisotopic (exact) mass is 390 g/mol. The lowest BCUT2D eigenvalue weighted by atomic mass is 10.1. The van der Waals surface area contributed by atoms with Gasteiger partial charge in [-0.1, -0.05) is 18.2 Å². The molecule has 1 aromatic carbocycles. The number of benzene rings is 1. The number of para-hydroxylation sites is 1. The number of aromatic nitrogens is 4. The molecule has 0 bridgehead atoms. The van der Waals surface area contributed by atoms with E-state index >= 15 is 0 Å². The molecular formula is C21H22N6O2. The average molecular weight is 390 g/mol. The van der Waals surface area contributed by atoms with Gasteiger partial charge in [0.25, 0.3) is 11.8 Å². The third kappa shape index (κ3) is 3.22. The second-order valence-corrected chi connectivity index (χ2v) is 7.30. The molecule has 3 aromatic heterocycles. The fourth-order valence-electron chi connectivity index (χ4n) is 3.44. The van der Waals surface area contributed by atoms with Gasteiger partial charge in [-0.05, 0) is 32.9 Å². The van der Waals surface area contributed by atoms with Crippen LogP contribution >= 0.6 is 0 Å². The summed E-state index contributed by atoms with van der Waals surface area (Å²) < 4.78 is 3.69. The molecule has 0 saturated heterocycles. The number of carbonyl (C=O) groups excluding carboxylic acids is 2. The van der Waals surface area contributed by atoms with Gasteiger partial charge in [-0.3, -0.25) is 20.4 Å². The van der Waals surface area contributed by atoms with Gasteiger partial charge in [0, 0.05) is 35.6 Å². The highest BCUT2D eigenvalue weighted by Crippen LogP contribution is 2.21. The first-order valence-electron chi connectivity index (χ1n) is 9.36.